The van der Waals surface area contributed by atoms with Crippen LogP contribution in [0.1, 0.15) is 38.7 Å². The normalized spacial score (nSPS) is 27.5. The number of nitrogens with zero attached hydrogens (tertiary/aromatic N) is 2. The molecule has 1 N–H and O–H groups in total. The molecule has 0 aliphatic carbocycles. The molecule has 0 spiro atoms. The summed E-state index contributed by atoms with van der Waals surface area (Å²) in [6.45, 7) is 6.84. The van der Waals surface area contributed by atoms with Gasteiger partial charge < -0.3 is 19.6 Å². The zero-order valence-corrected chi connectivity index (χ0v) is 15.1. The molecule has 3 atom stereocenters. The Hall–Kier alpha value is -2.08. The maximum Gasteiger partial charge on any atom is 0.238 e. The largest absolute Gasteiger partial charge is 0.468 e. The highest BCUT2D eigenvalue weighted by Crippen LogP contribution is 2.50. The predicted molar refractivity (Wildman–Crippen MR) is 93.0 cm³/mol. The fraction of sp³-hybridized carbons (Fsp3) is 0.579. The van der Waals surface area contributed by atoms with E-state index in [1.54, 1.807) is 4.90 Å². The minimum absolute atomic E-state index is 0.137. The molecular formula is C19H26N2O4. The molecule has 0 radical (unpaired) electrons. The highest BCUT2D eigenvalue weighted by molar-refractivity contribution is 6.02. The SMILES string of the molecule is CCN(CC)C(=O)[C@@H]1C(=O)N(CCO)[C@@]2(C)C[C@H]1c1ccccc1O2. The molecule has 136 valence electrons. The van der Waals surface area contributed by atoms with E-state index in [1.165, 1.54) is 4.90 Å². The zero-order valence-electron chi connectivity index (χ0n) is 15.1. The molecule has 1 aromatic carbocycles. The molecule has 2 amide bonds. The number of ether oxygens (including phenoxy) is 1. The average Bonchev–Trinajstić information content (AvgIpc) is 2.59. The van der Waals surface area contributed by atoms with Gasteiger partial charge in [-0.25, -0.2) is 0 Å². The third-order valence-corrected chi connectivity index (χ3v) is 5.42. The number of benzene rings is 1. The molecule has 6 nitrogen and oxygen atoms in total. The molecule has 1 saturated heterocycles. The van der Waals surface area contributed by atoms with E-state index in [1.807, 2.05) is 45.0 Å². The summed E-state index contributed by atoms with van der Waals surface area (Å²) in [6, 6.07) is 7.62. The summed E-state index contributed by atoms with van der Waals surface area (Å²) >= 11 is 0. The molecule has 3 rings (SSSR count). The van der Waals surface area contributed by atoms with Gasteiger partial charge in [-0.2, -0.15) is 0 Å². The van der Waals surface area contributed by atoms with Crippen LogP contribution in [-0.2, 0) is 9.59 Å². The summed E-state index contributed by atoms with van der Waals surface area (Å²) in [7, 11) is 0. The van der Waals surface area contributed by atoms with E-state index in [2.05, 4.69) is 0 Å². The highest BCUT2D eigenvalue weighted by Gasteiger charge is 2.56. The van der Waals surface area contributed by atoms with Crippen molar-refractivity contribution in [1.29, 1.82) is 0 Å². The first-order valence-corrected chi connectivity index (χ1v) is 8.95. The number of β-amino-alcohol motifs (C(OH)–C–C–N with tert-alkyl or cyclic N) is 1. The fourth-order valence-corrected chi connectivity index (χ4v) is 4.17. The van der Waals surface area contributed by atoms with Crippen LogP contribution in [0.3, 0.4) is 0 Å². The van der Waals surface area contributed by atoms with Crippen LogP contribution in [0.5, 0.6) is 5.75 Å². The topological polar surface area (TPSA) is 70.1 Å². The third kappa shape index (κ3) is 2.78. The fourth-order valence-electron chi connectivity index (χ4n) is 4.17. The van der Waals surface area contributed by atoms with Gasteiger partial charge in [0.05, 0.1) is 6.61 Å². The number of hydrogen-bond acceptors (Lipinski definition) is 4. The van der Waals surface area contributed by atoms with Crippen molar-refractivity contribution in [2.24, 2.45) is 5.92 Å². The van der Waals surface area contributed by atoms with Gasteiger partial charge in [0.1, 0.15) is 11.7 Å². The number of carbonyl (C=O) groups excluding carboxylic acids is 2. The van der Waals surface area contributed by atoms with E-state index < -0.39 is 11.6 Å². The van der Waals surface area contributed by atoms with Crippen molar-refractivity contribution in [2.45, 2.75) is 38.8 Å². The van der Waals surface area contributed by atoms with Crippen molar-refractivity contribution in [3.63, 3.8) is 0 Å². The Labute approximate surface area is 148 Å². The van der Waals surface area contributed by atoms with Gasteiger partial charge in [0.25, 0.3) is 0 Å². The van der Waals surface area contributed by atoms with Crippen LogP contribution in [-0.4, -0.2) is 58.7 Å². The number of aliphatic hydroxyl groups excluding tert-OH is 1. The van der Waals surface area contributed by atoms with Crippen LogP contribution in [0.4, 0.5) is 0 Å². The van der Waals surface area contributed by atoms with Gasteiger partial charge in [-0.1, -0.05) is 18.2 Å². The van der Waals surface area contributed by atoms with E-state index in [-0.39, 0.29) is 30.9 Å². The number of carbonyl (C=O) groups is 2. The quantitative estimate of drug-likeness (QED) is 0.822. The van der Waals surface area contributed by atoms with Gasteiger partial charge in [-0.05, 0) is 32.4 Å². The van der Waals surface area contributed by atoms with Gasteiger partial charge in [-0.15, -0.1) is 0 Å². The summed E-state index contributed by atoms with van der Waals surface area (Å²) in [4.78, 5) is 29.6. The number of hydrogen-bond donors (Lipinski definition) is 1. The van der Waals surface area contributed by atoms with E-state index in [0.717, 1.165) is 5.56 Å². The Kier molecular flexibility index (Phi) is 4.73. The first-order chi connectivity index (χ1) is 12.0. The lowest BCUT2D eigenvalue weighted by molar-refractivity contribution is -0.179. The molecule has 2 bridgehead atoms. The molecule has 2 aliphatic heterocycles. The van der Waals surface area contributed by atoms with Gasteiger partial charge in [-0.3, -0.25) is 9.59 Å². The summed E-state index contributed by atoms with van der Waals surface area (Å²) in [5, 5.41) is 9.42. The van der Waals surface area contributed by atoms with E-state index >= 15 is 0 Å². The predicted octanol–water partition coefficient (Wildman–Crippen LogP) is 1.59. The molecule has 6 heteroatoms. The van der Waals surface area contributed by atoms with Crippen molar-refractivity contribution in [1.82, 2.24) is 9.80 Å². The number of likely N-dealkylation sites (tertiary alicyclic amines) is 1. The summed E-state index contributed by atoms with van der Waals surface area (Å²) in [6.07, 6.45) is 0.549. The van der Waals surface area contributed by atoms with E-state index in [4.69, 9.17) is 4.74 Å². The lowest BCUT2D eigenvalue weighted by atomic mass is 9.73. The standard InChI is InChI=1S/C19H26N2O4/c1-4-20(5-2)17(23)16-14-12-19(3,21(10-11-22)18(16)24)25-15-9-7-6-8-13(14)15/h6-9,14,16,22H,4-5,10-12H2,1-3H3/t14-,16+,19+/m0/s1. The van der Waals surface area contributed by atoms with E-state index in [0.29, 0.717) is 25.3 Å². The van der Waals surface area contributed by atoms with Gasteiger partial charge >= 0.3 is 0 Å². The first-order valence-electron chi connectivity index (χ1n) is 8.95. The molecule has 1 aromatic rings. The molecule has 1 fully saturated rings. The smallest absolute Gasteiger partial charge is 0.238 e. The third-order valence-electron chi connectivity index (χ3n) is 5.42. The van der Waals surface area contributed by atoms with Crippen molar-refractivity contribution in [2.75, 3.05) is 26.2 Å². The molecule has 2 aliphatic rings. The zero-order chi connectivity index (χ0) is 18.2. The Morgan fingerprint density at radius 3 is 2.68 bits per heavy atom. The number of para-hydroxylation sites is 1. The van der Waals surface area contributed by atoms with Crippen LogP contribution in [0.2, 0.25) is 0 Å². The van der Waals surface area contributed by atoms with Crippen LogP contribution >= 0.6 is 0 Å². The van der Waals surface area contributed by atoms with Crippen molar-refractivity contribution >= 4 is 11.8 Å². The maximum absolute atomic E-state index is 13.2. The number of piperidine rings is 1. The molecule has 25 heavy (non-hydrogen) atoms. The molecule has 0 saturated carbocycles. The second kappa shape index (κ2) is 6.67. The maximum atomic E-state index is 13.2. The molecule has 0 unspecified atom stereocenters. The van der Waals surface area contributed by atoms with E-state index in [9.17, 15) is 14.7 Å². The number of fused-ring (bicyclic) bond motifs is 4. The number of aliphatic hydroxyl groups is 1. The van der Waals surface area contributed by atoms with Crippen LogP contribution in [0, 0.1) is 5.92 Å². The Bertz CT molecular complexity index is 673. The summed E-state index contributed by atoms with van der Waals surface area (Å²) in [5.41, 5.74) is 0.0845. The van der Waals surface area contributed by atoms with Crippen molar-refractivity contribution < 1.29 is 19.4 Å². The Balaban J connectivity index is 2.09. The second-order valence-corrected chi connectivity index (χ2v) is 6.83. The number of amides is 2. The summed E-state index contributed by atoms with van der Waals surface area (Å²) in [5.74, 6) is -0.634. The Morgan fingerprint density at radius 2 is 2.04 bits per heavy atom. The second-order valence-electron chi connectivity index (χ2n) is 6.83. The van der Waals surface area contributed by atoms with Crippen molar-refractivity contribution in [3.05, 3.63) is 29.8 Å². The molecule has 0 aromatic heterocycles. The highest BCUT2D eigenvalue weighted by atomic mass is 16.5. The van der Waals surface area contributed by atoms with Gasteiger partial charge in [0, 0.05) is 32.0 Å². The molecule has 2 heterocycles. The minimum Gasteiger partial charge on any atom is -0.468 e. The summed E-state index contributed by atoms with van der Waals surface area (Å²) < 4.78 is 6.14. The Morgan fingerprint density at radius 1 is 1.36 bits per heavy atom. The number of rotatable bonds is 5. The van der Waals surface area contributed by atoms with Gasteiger partial charge in [0.2, 0.25) is 11.8 Å². The van der Waals surface area contributed by atoms with Crippen molar-refractivity contribution in [3.8, 4) is 5.75 Å². The monoisotopic (exact) mass is 346 g/mol. The lowest BCUT2D eigenvalue weighted by Crippen LogP contribution is -2.65. The van der Waals surface area contributed by atoms with Crippen LogP contribution in [0.15, 0.2) is 24.3 Å². The minimum atomic E-state index is -0.834. The van der Waals surface area contributed by atoms with Crippen LogP contribution < -0.4 is 4.74 Å². The molecular weight excluding hydrogens is 320 g/mol. The van der Waals surface area contributed by atoms with Crippen LogP contribution in [0.25, 0.3) is 0 Å². The lowest BCUT2D eigenvalue weighted by Gasteiger charge is -2.53. The average molecular weight is 346 g/mol. The van der Waals surface area contributed by atoms with Gasteiger partial charge in [0.15, 0.2) is 5.72 Å². The first kappa shape index (κ1) is 17.7.